The number of aliphatic hydroxyl groups is 1. The van der Waals surface area contributed by atoms with Crippen LogP contribution >= 0.6 is 0 Å². The summed E-state index contributed by atoms with van der Waals surface area (Å²) < 4.78 is 50.7. The fraction of sp³-hybridized carbons (Fsp3) is 0.417. The first-order valence-corrected chi connectivity index (χ1v) is 5.63. The molecule has 1 aromatic rings. The van der Waals surface area contributed by atoms with Crippen molar-refractivity contribution < 1.29 is 27.5 Å². The molecule has 1 aliphatic heterocycles. The van der Waals surface area contributed by atoms with Crippen LogP contribution in [-0.2, 0) is 6.18 Å². The van der Waals surface area contributed by atoms with Crippen molar-refractivity contribution in [3.05, 3.63) is 35.1 Å². The lowest BCUT2D eigenvalue weighted by atomic mass is 10.1. The molecule has 1 amide bonds. The summed E-state index contributed by atoms with van der Waals surface area (Å²) in [5.74, 6) is -2.05. The van der Waals surface area contributed by atoms with Crippen LogP contribution in [-0.4, -0.2) is 35.1 Å². The number of nitrogens with zero attached hydrogens (tertiary/aromatic N) is 1. The lowest BCUT2D eigenvalue weighted by molar-refractivity contribution is -0.140. The molecule has 0 spiro atoms. The number of hydrogen-bond acceptors (Lipinski definition) is 2. The molecule has 2 rings (SSSR count). The molecule has 1 N–H and O–H groups in total. The molecule has 0 aromatic heterocycles. The van der Waals surface area contributed by atoms with Gasteiger partial charge in [-0.2, -0.15) is 13.2 Å². The number of hydrogen-bond donors (Lipinski definition) is 1. The van der Waals surface area contributed by atoms with E-state index < -0.39 is 29.6 Å². The van der Waals surface area contributed by atoms with Crippen molar-refractivity contribution in [3.63, 3.8) is 0 Å². The Kier molecular flexibility index (Phi) is 3.49. The quantitative estimate of drug-likeness (QED) is 0.798. The lowest BCUT2D eigenvalue weighted by Crippen LogP contribution is -2.29. The summed E-state index contributed by atoms with van der Waals surface area (Å²) in [6.45, 7) is 0.357. The van der Waals surface area contributed by atoms with Gasteiger partial charge in [-0.05, 0) is 24.6 Å². The van der Waals surface area contributed by atoms with E-state index in [1.54, 1.807) is 0 Å². The second-order valence-corrected chi connectivity index (χ2v) is 4.39. The van der Waals surface area contributed by atoms with Crippen LogP contribution in [0, 0.1) is 5.82 Å². The van der Waals surface area contributed by atoms with Gasteiger partial charge in [0.15, 0.2) is 0 Å². The summed E-state index contributed by atoms with van der Waals surface area (Å²) in [4.78, 5) is 13.2. The summed E-state index contributed by atoms with van der Waals surface area (Å²) in [5.41, 5.74) is -1.69. The third-order valence-electron chi connectivity index (χ3n) is 2.97. The molecule has 0 saturated carbocycles. The summed E-state index contributed by atoms with van der Waals surface area (Å²) in [6.07, 6.45) is -5.12. The van der Waals surface area contributed by atoms with E-state index in [1.807, 2.05) is 0 Å². The minimum absolute atomic E-state index is 0.0809. The first-order chi connectivity index (χ1) is 8.79. The topological polar surface area (TPSA) is 40.5 Å². The van der Waals surface area contributed by atoms with E-state index in [2.05, 4.69) is 0 Å². The Balaban J connectivity index is 2.28. The number of β-amino-alcohol motifs (C(OH)–C–C–N with tert-alkyl or cyclic N) is 1. The number of halogens is 4. The molecule has 1 aliphatic rings. The van der Waals surface area contributed by atoms with Gasteiger partial charge in [0, 0.05) is 18.7 Å². The van der Waals surface area contributed by atoms with Gasteiger partial charge in [-0.15, -0.1) is 0 Å². The minimum atomic E-state index is -4.84. The predicted octanol–water partition coefficient (Wildman–Crippen LogP) is 2.05. The molecule has 1 saturated heterocycles. The summed E-state index contributed by atoms with van der Waals surface area (Å²) in [7, 11) is 0. The Labute approximate surface area is 106 Å². The largest absolute Gasteiger partial charge is 0.419 e. The molecular weight excluding hydrogens is 266 g/mol. The zero-order chi connectivity index (χ0) is 14.2. The van der Waals surface area contributed by atoms with Crippen LogP contribution in [0.5, 0.6) is 0 Å². The second-order valence-electron chi connectivity index (χ2n) is 4.39. The minimum Gasteiger partial charge on any atom is -0.391 e. The lowest BCUT2D eigenvalue weighted by Gasteiger charge is -2.16. The third-order valence-corrected chi connectivity index (χ3v) is 2.97. The van der Waals surface area contributed by atoms with Gasteiger partial charge >= 0.3 is 6.18 Å². The first kappa shape index (κ1) is 13.8. The van der Waals surface area contributed by atoms with Crippen LogP contribution < -0.4 is 0 Å². The Bertz CT molecular complexity index is 501. The summed E-state index contributed by atoms with van der Waals surface area (Å²) in [5, 5.41) is 9.29. The average Bonchev–Trinajstić information content (AvgIpc) is 2.74. The van der Waals surface area contributed by atoms with Crippen molar-refractivity contribution in [3.8, 4) is 0 Å². The third kappa shape index (κ3) is 2.86. The highest BCUT2D eigenvalue weighted by Crippen LogP contribution is 2.32. The van der Waals surface area contributed by atoms with Gasteiger partial charge in [0.1, 0.15) is 5.82 Å². The van der Waals surface area contributed by atoms with Crippen molar-refractivity contribution in [2.75, 3.05) is 13.1 Å². The van der Waals surface area contributed by atoms with Crippen molar-refractivity contribution in [1.29, 1.82) is 0 Å². The van der Waals surface area contributed by atoms with Gasteiger partial charge in [0.25, 0.3) is 5.91 Å². The molecule has 0 radical (unpaired) electrons. The van der Waals surface area contributed by atoms with E-state index in [1.165, 1.54) is 4.90 Å². The van der Waals surface area contributed by atoms with Crippen LogP contribution in [0.15, 0.2) is 18.2 Å². The van der Waals surface area contributed by atoms with Crippen molar-refractivity contribution in [2.45, 2.75) is 18.7 Å². The molecule has 1 atom stereocenters. The molecule has 7 heteroatoms. The predicted molar refractivity (Wildman–Crippen MR) is 57.9 cm³/mol. The molecule has 0 aliphatic carbocycles. The van der Waals surface area contributed by atoms with E-state index in [9.17, 15) is 27.5 Å². The standard InChI is InChI=1S/C12H11F4NO2/c13-10-2-1-7(5-9(10)12(14,15)16)11(19)17-4-3-8(18)6-17/h1-2,5,8,18H,3-4,6H2. The van der Waals surface area contributed by atoms with E-state index in [0.29, 0.717) is 18.6 Å². The number of rotatable bonds is 1. The maximum absolute atomic E-state index is 13.1. The number of carbonyl (C=O) groups excluding carboxylic acids is 1. The number of benzene rings is 1. The Hall–Kier alpha value is -1.63. The van der Waals surface area contributed by atoms with Crippen molar-refractivity contribution in [1.82, 2.24) is 4.90 Å². The summed E-state index contributed by atoms with van der Waals surface area (Å²) >= 11 is 0. The zero-order valence-electron chi connectivity index (χ0n) is 9.75. The van der Waals surface area contributed by atoms with Gasteiger partial charge in [-0.1, -0.05) is 0 Å². The molecule has 104 valence electrons. The smallest absolute Gasteiger partial charge is 0.391 e. The highest BCUT2D eigenvalue weighted by molar-refractivity contribution is 5.94. The number of aliphatic hydroxyl groups excluding tert-OH is 1. The Morgan fingerprint density at radius 1 is 1.37 bits per heavy atom. The summed E-state index contributed by atoms with van der Waals surface area (Å²) in [6, 6.07) is 2.14. The molecule has 1 fully saturated rings. The second kappa shape index (κ2) is 4.80. The van der Waals surface area contributed by atoms with E-state index in [0.717, 1.165) is 6.07 Å². The van der Waals surface area contributed by atoms with Gasteiger partial charge in [0.2, 0.25) is 0 Å². The van der Waals surface area contributed by atoms with Gasteiger partial charge in [-0.25, -0.2) is 4.39 Å². The number of carbonyl (C=O) groups is 1. The highest BCUT2D eigenvalue weighted by Gasteiger charge is 2.35. The number of alkyl halides is 3. The zero-order valence-corrected chi connectivity index (χ0v) is 9.75. The number of amides is 1. The molecule has 1 unspecified atom stereocenters. The van der Waals surface area contributed by atoms with Gasteiger partial charge in [-0.3, -0.25) is 4.79 Å². The van der Waals surface area contributed by atoms with Crippen LogP contribution in [0.4, 0.5) is 17.6 Å². The molecule has 19 heavy (non-hydrogen) atoms. The van der Waals surface area contributed by atoms with Crippen LogP contribution in [0.25, 0.3) is 0 Å². The molecule has 0 bridgehead atoms. The molecular formula is C12H11F4NO2. The maximum Gasteiger partial charge on any atom is 0.419 e. The molecule has 3 nitrogen and oxygen atoms in total. The normalized spacial score (nSPS) is 19.8. The highest BCUT2D eigenvalue weighted by atomic mass is 19.4. The maximum atomic E-state index is 13.1. The molecule has 1 heterocycles. The fourth-order valence-electron chi connectivity index (χ4n) is 1.98. The van der Waals surface area contributed by atoms with Gasteiger partial charge in [0.05, 0.1) is 11.7 Å². The monoisotopic (exact) mass is 277 g/mol. The van der Waals surface area contributed by atoms with E-state index in [4.69, 9.17) is 0 Å². The fourth-order valence-corrected chi connectivity index (χ4v) is 1.98. The Morgan fingerprint density at radius 2 is 2.05 bits per heavy atom. The van der Waals surface area contributed by atoms with Crippen molar-refractivity contribution in [2.24, 2.45) is 0 Å². The van der Waals surface area contributed by atoms with Gasteiger partial charge < -0.3 is 10.0 Å². The Morgan fingerprint density at radius 3 is 2.58 bits per heavy atom. The van der Waals surface area contributed by atoms with Crippen LogP contribution in [0.3, 0.4) is 0 Å². The van der Waals surface area contributed by atoms with Crippen LogP contribution in [0.2, 0.25) is 0 Å². The van der Waals surface area contributed by atoms with E-state index >= 15 is 0 Å². The average molecular weight is 277 g/mol. The van der Waals surface area contributed by atoms with E-state index in [-0.39, 0.29) is 18.7 Å². The first-order valence-electron chi connectivity index (χ1n) is 5.63. The SMILES string of the molecule is O=C(c1ccc(F)c(C(F)(F)F)c1)N1CCC(O)C1. The molecule has 1 aromatic carbocycles. The van der Waals surface area contributed by atoms with Crippen LogP contribution in [0.1, 0.15) is 22.3 Å². The number of likely N-dealkylation sites (tertiary alicyclic amines) is 1. The van der Waals surface area contributed by atoms with Crippen molar-refractivity contribution >= 4 is 5.91 Å².